The molecule has 0 spiro atoms. The zero-order chi connectivity index (χ0) is 10.9. The summed E-state index contributed by atoms with van der Waals surface area (Å²) in [6.07, 6.45) is 1.51. The summed E-state index contributed by atoms with van der Waals surface area (Å²) in [7, 11) is -3.28. The van der Waals surface area contributed by atoms with Gasteiger partial charge in [0.25, 0.3) is 0 Å². The highest BCUT2D eigenvalue weighted by Gasteiger charge is 2.25. The van der Waals surface area contributed by atoms with Crippen LogP contribution in [0, 0.1) is 0 Å². The lowest BCUT2D eigenvalue weighted by molar-refractivity contribution is 0.558. The normalized spacial score (nSPS) is 12.4. The van der Waals surface area contributed by atoms with Crippen molar-refractivity contribution in [2.75, 3.05) is 0 Å². The van der Waals surface area contributed by atoms with E-state index in [1.807, 2.05) is 6.92 Å². The van der Waals surface area contributed by atoms with Gasteiger partial charge in [0.2, 0.25) is 15.0 Å². The summed E-state index contributed by atoms with van der Waals surface area (Å²) in [4.78, 5) is 3.91. The second-order valence-corrected chi connectivity index (χ2v) is 6.41. The molecule has 1 aromatic rings. The predicted molar refractivity (Wildman–Crippen MR) is 57.9 cm³/mol. The van der Waals surface area contributed by atoms with Gasteiger partial charge in [-0.2, -0.15) is 0 Å². The van der Waals surface area contributed by atoms with Gasteiger partial charge in [-0.25, -0.2) is 13.4 Å². The average molecular weight is 281 g/mol. The first-order valence-corrected chi connectivity index (χ1v) is 6.70. The molecule has 0 N–H and O–H groups in total. The fourth-order valence-corrected chi connectivity index (χ4v) is 2.86. The van der Waals surface area contributed by atoms with E-state index in [2.05, 4.69) is 20.9 Å². The second-order valence-electron chi connectivity index (χ2n) is 3.20. The van der Waals surface area contributed by atoms with Crippen LogP contribution in [0.3, 0.4) is 0 Å². The number of hydrogen-bond acceptors (Lipinski definition) is 3. The van der Waals surface area contributed by atoms with Crippen LogP contribution in [-0.4, -0.2) is 23.2 Å². The van der Waals surface area contributed by atoms with Crippen molar-refractivity contribution in [3.8, 4) is 0 Å². The van der Waals surface area contributed by atoms with Crippen molar-refractivity contribution in [2.24, 2.45) is 0 Å². The summed E-state index contributed by atoms with van der Waals surface area (Å²) in [6.45, 7) is 5.77. The van der Waals surface area contributed by atoms with Gasteiger partial charge in [0.1, 0.15) is 4.60 Å². The van der Waals surface area contributed by atoms with Crippen molar-refractivity contribution in [1.82, 2.24) is 9.55 Å². The summed E-state index contributed by atoms with van der Waals surface area (Å²) in [6, 6.07) is 0. The molecular weight excluding hydrogens is 268 g/mol. The van der Waals surface area contributed by atoms with E-state index in [0.717, 1.165) is 0 Å². The molecule has 0 aliphatic carbocycles. The first-order chi connectivity index (χ1) is 6.41. The molecule has 0 atom stereocenters. The number of imidazole rings is 1. The second kappa shape index (κ2) is 4.02. The fourth-order valence-electron chi connectivity index (χ4n) is 1.06. The average Bonchev–Trinajstić information content (AvgIpc) is 2.46. The van der Waals surface area contributed by atoms with E-state index in [4.69, 9.17) is 0 Å². The zero-order valence-corrected chi connectivity index (χ0v) is 10.8. The highest BCUT2D eigenvalue weighted by atomic mass is 79.9. The van der Waals surface area contributed by atoms with Crippen molar-refractivity contribution < 1.29 is 8.42 Å². The van der Waals surface area contributed by atoms with Gasteiger partial charge >= 0.3 is 0 Å². The molecule has 0 aliphatic heterocycles. The van der Waals surface area contributed by atoms with Crippen molar-refractivity contribution >= 4 is 25.8 Å². The Labute approximate surface area is 92.4 Å². The fraction of sp³-hybridized carbons (Fsp3) is 0.625. The first-order valence-electron chi connectivity index (χ1n) is 4.36. The monoisotopic (exact) mass is 280 g/mol. The van der Waals surface area contributed by atoms with Crippen LogP contribution in [0.5, 0.6) is 0 Å². The Morgan fingerprint density at radius 3 is 2.57 bits per heavy atom. The molecule has 80 valence electrons. The molecule has 0 saturated carbocycles. The molecule has 1 aromatic heterocycles. The van der Waals surface area contributed by atoms with Crippen LogP contribution in [0.15, 0.2) is 16.0 Å². The molecule has 0 unspecified atom stereocenters. The molecule has 4 nitrogen and oxygen atoms in total. The molecule has 0 aromatic carbocycles. The summed E-state index contributed by atoms with van der Waals surface area (Å²) in [5.74, 6) is 0. The minimum Gasteiger partial charge on any atom is -0.310 e. The van der Waals surface area contributed by atoms with Crippen molar-refractivity contribution in [2.45, 2.75) is 37.7 Å². The first kappa shape index (κ1) is 11.7. The maximum absolute atomic E-state index is 11.8. The molecule has 0 radical (unpaired) electrons. The lowest BCUT2D eigenvalue weighted by Gasteiger charge is -2.09. The van der Waals surface area contributed by atoms with E-state index in [0.29, 0.717) is 11.1 Å². The van der Waals surface area contributed by atoms with E-state index in [1.165, 1.54) is 6.20 Å². The topological polar surface area (TPSA) is 52.0 Å². The van der Waals surface area contributed by atoms with Gasteiger partial charge in [-0.15, -0.1) is 0 Å². The standard InChI is InChI=1S/C8H13BrN2O2S/c1-4-11-7(9)5-10-8(11)14(12,13)6(2)3/h5-6H,4H2,1-3H3. The van der Waals surface area contributed by atoms with Crippen LogP contribution in [0.25, 0.3) is 0 Å². The SMILES string of the molecule is CCn1c(Br)cnc1S(=O)(=O)C(C)C. The molecule has 0 fully saturated rings. The summed E-state index contributed by atoms with van der Waals surface area (Å²) in [5.41, 5.74) is 0. The number of nitrogens with zero attached hydrogens (tertiary/aromatic N) is 2. The van der Waals surface area contributed by atoms with E-state index in [9.17, 15) is 8.42 Å². The Morgan fingerprint density at radius 1 is 1.57 bits per heavy atom. The van der Waals surface area contributed by atoms with E-state index >= 15 is 0 Å². The van der Waals surface area contributed by atoms with Crippen molar-refractivity contribution in [3.05, 3.63) is 10.8 Å². The number of sulfone groups is 1. The van der Waals surface area contributed by atoms with Gasteiger partial charge in [0.15, 0.2) is 0 Å². The third-order valence-corrected chi connectivity index (χ3v) is 4.67. The van der Waals surface area contributed by atoms with Crippen LogP contribution in [-0.2, 0) is 16.4 Å². The smallest absolute Gasteiger partial charge is 0.228 e. The lowest BCUT2D eigenvalue weighted by atomic mass is 10.6. The third kappa shape index (κ3) is 1.86. The van der Waals surface area contributed by atoms with Gasteiger partial charge in [-0.05, 0) is 36.7 Å². The molecule has 6 heteroatoms. The highest BCUT2D eigenvalue weighted by Crippen LogP contribution is 2.19. The predicted octanol–water partition coefficient (Wildman–Crippen LogP) is 1.85. The van der Waals surface area contributed by atoms with Crippen LogP contribution < -0.4 is 0 Å². The van der Waals surface area contributed by atoms with Crippen LogP contribution in [0.1, 0.15) is 20.8 Å². The van der Waals surface area contributed by atoms with Gasteiger partial charge in [-0.1, -0.05) is 0 Å². The Hall–Kier alpha value is -0.360. The van der Waals surface area contributed by atoms with Gasteiger partial charge in [-0.3, -0.25) is 0 Å². The minimum atomic E-state index is -3.28. The summed E-state index contributed by atoms with van der Waals surface area (Å²) >= 11 is 3.25. The number of aromatic nitrogens is 2. The molecule has 0 saturated heterocycles. The molecule has 14 heavy (non-hydrogen) atoms. The number of rotatable bonds is 3. The zero-order valence-electron chi connectivity index (χ0n) is 8.36. The van der Waals surface area contributed by atoms with Crippen molar-refractivity contribution in [3.63, 3.8) is 0 Å². The van der Waals surface area contributed by atoms with E-state index in [1.54, 1.807) is 18.4 Å². The van der Waals surface area contributed by atoms with Crippen molar-refractivity contribution in [1.29, 1.82) is 0 Å². The molecule has 0 aliphatic rings. The molecule has 0 bridgehead atoms. The van der Waals surface area contributed by atoms with Crippen LogP contribution in [0.4, 0.5) is 0 Å². The Balaban J connectivity index is 3.33. The summed E-state index contributed by atoms with van der Waals surface area (Å²) in [5, 5.41) is -0.302. The van der Waals surface area contributed by atoms with Crippen LogP contribution >= 0.6 is 15.9 Å². The van der Waals surface area contributed by atoms with Crippen LogP contribution in [0.2, 0.25) is 0 Å². The molecule has 1 heterocycles. The number of hydrogen-bond donors (Lipinski definition) is 0. The van der Waals surface area contributed by atoms with Gasteiger partial charge in [0.05, 0.1) is 11.4 Å². The maximum atomic E-state index is 11.8. The van der Waals surface area contributed by atoms with E-state index < -0.39 is 15.1 Å². The Morgan fingerprint density at radius 2 is 2.14 bits per heavy atom. The Bertz CT molecular complexity index is 423. The minimum absolute atomic E-state index is 0.141. The number of halogens is 1. The Kier molecular flexibility index (Phi) is 3.36. The molecule has 1 rings (SSSR count). The van der Waals surface area contributed by atoms with Gasteiger partial charge < -0.3 is 4.57 Å². The maximum Gasteiger partial charge on any atom is 0.228 e. The largest absolute Gasteiger partial charge is 0.310 e. The summed E-state index contributed by atoms with van der Waals surface area (Å²) < 4.78 is 26.0. The molecular formula is C8H13BrN2O2S. The highest BCUT2D eigenvalue weighted by molar-refractivity contribution is 9.10. The third-order valence-electron chi connectivity index (χ3n) is 1.96. The van der Waals surface area contributed by atoms with E-state index in [-0.39, 0.29) is 5.16 Å². The quantitative estimate of drug-likeness (QED) is 0.849. The molecule has 0 amide bonds. The lowest BCUT2D eigenvalue weighted by Crippen LogP contribution is -2.19. The van der Waals surface area contributed by atoms with Gasteiger partial charge in [0, 0.05) is 6.54 Å².